The molecule has 17 heavy (non-hydrogen) atoms. The zero-order valence-electron chi connectivity index (χ0n) is 9.21. The Kier molecular flexibility index (Phi) is 3.31. The maximum absolute atomic E-state index is 11.2. The molecule has 2 rings (SSSR count). The van der Waals surface area contributed by atoms with Gasteiger partial charge in [0.1, 0.15) is 0 Å². The molecule has 0 radical (unpaired) electrons. The van der Waals surface area contributed by atoms with Crippen molar-refractivity contribution in [1.82, 2.24) is 4.98 Å². The molecule has 2 aromatic rings. The monoisotopic (exact) mass is 224 g/mol. The fraction of sp³-hybridized carbons (Fsp3) is 0. The van der Waals surface area contributed by atoms with Crippen molar-refractivity contribution in [3.63, 3.8) is 0 Å². The highest BCUT2D eigenvalue weighted by Crippen LogP contribution is 2.12. The maximum Gasteiger partial charge on any atom is 0.249 e. The number of benzene rings is 1. The lowest BCUT2D eigenvalue weighted by molar-refractivity contribution is 0.1000. The van der Waals surface area contributed by atoms with Gasteiger partial charge in [-0.25, -0.2) is 0 Å². The van der Waals surface area contributed by atoms with Crippen LogP contribution in [0.1, 0.15) is 21.5 Å². The summed E-state index contributed by atoms with van der Waals surface area (Å²) < 4.78 is 0. The van der Waals surface area contributed by atoms with Crippen LogP contribution in [0.25, 0.3) is 12.2 Å². The van der Waals surface area contributed by atoms with Crippen molar-refractivity contribution < 1.29 is 4.79 Å². The van der Waals surface area contributed by atoms with Crippen LogP contribution in [0.15, 0.2) is 48.8 Å². The number of hydrogen-bond acceptors (Lipinski definition) is 2. The molecule has 1 heterocycles. The predicted molar refractivity (Wildman–Crippen MR) is 68.1 cm³/mol. The Labute approximate surface area is 99.6 Å². The third-order valence-electron chi connectivity index (χ3n) is 2.39. The number of pyridine rings is 1. The van der Waals surface area contributed by atoms with Crippen LogP contribution in [0.2, 0.25) is 0 Å². The lowest BCUT2D eigenvalue weighted by Gasteiger charge is -2.00. The van der Waals surface area contributed by atoms with E-state index in [9.17, 15) is 4.79 Å². The van der Waals surface area contributed by atoms with Gasteiger partial charge in [-0.1, -0.05) is 30.4 Å². The van der Waals surface area contributed by atoms with E-state index in [0.29, 0.717) is 5.56 Å². The summed E-state index contributed by atoms with van der Waals surface area (Å²) in [5.74, 6) is -0.417. The normalized spacial score (nSPS) is 10.6. The molecule has 0 saturated heterocycles. The standard InChI is InChI=1S/C14H12N2O/c15-14(17)13-4-2-1-3-12(13)6-5-11-7-9-16-10-8-11/h1-10H,(H2,15,17)/b6-5+. The summed E-state index contributed by atoms with van der Waals surface area (Å²) in [7, 11) is 0. The van der Waals surface area contributed by atoms with Crippen LogP contribution in [0.3, 0.4) is 0 Å². The third kappa shape index (κ3) is 2.78. The molecule has 0 aliphatic rings. The second-order valence-corrected chi connectivity index (χ2v) is 3.57. The molecular weight excluding hydrogens is 212 g/mol. The Morgan fingerprint density at radius 1 is 1.06 bits per heavy atom. The molecule has 3 nitrogen and oxygen atoms in total. The Bertz CT molecular complexity index is 547. The summed E-state index contributed by atoms with van der Waals surface area (Å²) in [6, 6.07) is 11.0. The summed E-state index contributed by atoms with van der Waals surface area (Å²) in [5, 5.41) is 0. The van der Waals surface area contributed by atoms with E-state index < -0.39 is 5.91 Å². The van der Waals surface area contributed by atoms with E-state index in [4.69, 9.17) is 5.73 Å². The van der Waals surface area contributed by atoms with Crippen LogP contribution in [-0.4, -0.2) is 10.9 Å². The number of amides is 1. The van der Waals surface area contributed by atoms with Gasteiger partial charge >= 0.3 is 0 Å². The highest BCUT2D eigenvalue weighted by atomic mass is 16.1. The van der Waals surface area contributed by atoms with E-state index in [1.165, 1.54) is 0 Å². The van der Waals surface area contributed by atoms with Gasteiger partial charge in [0.25, 0.3) is 0 Å². The van der Waals surface area contributed by atoms with Crippen LogP contribution in [0.5, 0.6) is 0 Å². The molecule has 0 fully saturated rings. The summed E-state index contributed by atoms with van der Waals surface area (Å²) in [6.07, 6.45) is 7.23. The van der Waals surface area contributed by atoms with Gasteiger partial charge < -0.3 is 5.73 Å². The number of primary amides is 1. The molecule has 1 aromatic carbocycles. The first-order valence-electron chi connectivity index (χ1n) is 5.24. The fourth-order valence-corrected chi connectivity index (χ4v) is 1.53. The minimum absolute atomic E-state index is 0.417. The zero-order valence-corrected chi connectivity index (χ0v) is 9.21. The van der Waals surface area contributed by atoms with Crippen LogP contribution < -0.4 is 5.73 Å². The molecule has 84 valence electrons. The fourth-order valence-electron chi connectivity index (χ4n) is 1.53. The highest BCUT2D eigenvalue weighted by molar-refractivity contribution is 5.97. The van der Waals surface area contributed by atoms with Crippen molar-refractivity contribution in [2.24, 2.45) is 5.73 Å². The number of aromatic nitrogens is 1. The molecule has 1 amide bonds. The maximum atomic E-state index is 11.2. The number of rotatable bonds is 3. The van der Waals surface area contributed by atoms with Crippen molar-refractivity contribution >= 4 is 18.1 Å². The Balaban J connectivity index is 2.30. The van der Waals surface area contributed by atoms with Crippen molar-refractivity contribution in [3.05, 3.63) is 65.5 Å². The van der Waals surface area contributed by atoms with Gasteiger partial charge in [0.15, 0.2) is 0 Å². The molecule has 0 atom stereocenters. The predicted octanol–water partition coefficient (Wildman–Crippen LogP) is 2.35. The molecule has 0 saturated carbocycles. The van der Waals surface area contributed by atoms with E-state index in [-0.39, 0.29) is 0 Å². The van der Waals surface area contributed by atoms with Crippen LogP contribution >= 0.6 is 0 Å². The number of hydrogen-bond donors (Lipinski definition) is 1. The molecule has 0 aliphatic carbocycles. The number of nitrogens with two attached hydrogens (primary N) is 1. The largest absolute Gasteiger partial charge is 0.366 e. The smallest absolute Gasteiger partial charge is 0.249 e. The van der Waals surface area contributed by atoms with Gasteiger partial charge in [-0.3, -0.25) is 9.78 Å². The molecular formula is C14H12N2O. The van der Waals surface area contributed by atoms with Gasteiger partial charge in [0.05, 0.1) is 0 Å². The zero-order chi connectivity index (χ0) is 12.1. The Morgan fingerprint density at radius 2 is 1.76 bits per heavy atom. The molecule has 0 bridgehead atoms. The number of carbonyl (C=O) groups excluding carboxylic acids is 1. The summed E-state index contributed by atoms with van der Waals surface area (Å²) in [6.45, 7) is 0. The molecule has 1 aromatic heterocycles. The summed E-state index contributed by atoms with van der Waals surface area (Å²) >= 11 is 0. The first-order valence-corrected chi connectivity index (χ1v) is 5.24. The molecule has 3 heteroatoms. The minimum Gasteiger partial charge on any atom is -0.366 e. The summed E-state index contributed by atoms with van der Waals surface area (Å²) in [5.41, 5.74) is 7.67. The Morgan fingerprint density at radius 3 is 2.47 bits per heavy atom. The molecule has 0 unspecified atom stereocenters. The van der Waals surface area contributed by atoms with Crippen LogP contribution in [0.4, 0.5) is 0 Å². The van der Waals surface area contributed by atoms with E-state index in [2.05, 4.69) is 4.98 Å². The highest BCUT2D eigenvalue weighted by Gasteiger charge is 2.03. The van der Waals surface area contributed by atoms with Crippen molar-refractivity contribution in [2.75, 3.05) is 0 Å². The topological polar surface area (TPSA) is 56.0 Å². The van der Waals surface area contributed by atoms with Gasteiger partial charge in [-0.15, -0.1) is 0 Å². The Hall–Kier alpha value is -2.42. The average molecular weight is 224 g/mol. The van der Waals surface area contributed by atoms with E-state index >= 15 is 0 Å². The first-order chi connectivity index (χ1) is 8.27. The second-order valence-electron chi connectivity index (χ2n) is 3.57. The molecule has 2 N–H and O–H groups in total. The molecule has 0 aliphatic heterocycles. The van der Waals surface area contributed by atoms with E-state index in [0.717, 1.165) is 11.1 Å². The van der Waals surface area contributed by atoms with Gasteiger partial charge in [0.2, 0.25) is 5.91 Å². The SMILES string of the molecule is NC(=O)c1ccccc1/C=C/c1ccncc1. The quantitative estimate of drug-likeness (QED) is 0.870. The number of carbonyl (C=O) groups is 1. The van der Waals surface area contributed by atoms with E-state index in [1.807, 2.05) is 36.4 Å². The lowest BCUT2D eigenvalue weighted by Crippen LogP contribution is -2.12. The second kappa shape index (κ2) is 5.07. The molecule has 0 spiro atoms. The van der Waals surface area contributed by atoms with Gasteiger partial charge in [-0.2, -0.15) is 0 Å². The average Bonchev–Trinajstić information content (AvgIpc) is 2.38. The van der Waals surface area contributed by atoms with E-state index in [1.54, 1.807) is 24.5 Å². The van der Waals surface area contributed by atoms with Crippen molar-refractivity contribution in [1.29, 1.82) is 0 Å². The minimum atomic E-state index is -0.417. The van der Waals surface area contributed by atoms with Gasteiger partial charge in [-0.05, 0) is 29.3 Å². The number of nitrogens with zero attached hydrogens (tertiary/aromatic N) is 1. The first kappa shape index (κ1) is 11.1. The lowest BCUT2D eigenvalue weighted by atomic mass is 10.1. The summed E-state index contributed by atoms with van der Waals surface area (Å²) in [4.78, 5) is 15.1. The third-order valence-corrected chi connectivity index (χ3v) is 2.39. The van der Waals surface area contributed by atoms with Crippen molar-refractivity contribution in [3.8, 4) is 0 Å². The van der Waals surface area contributed by atoms with Crippen molar-refractivity contribution in [2.45, 2.75) is 0 Å². The van der Waals surface area contributed by atoms with Crippen LogP contribution in [0, 0.1) is 0 Å². The van der Waals surface area contributed by atoms with Crippen LogP contribution in [-0.2, 0) is 0 Å². The van der Waals surface area contributed by atoms with Gasteiger partial charge in [0, 0.05) is 18.0 Å².